The Labute approximate surface area is 176 Å². The molecule has 9 nitrogen and oxygen atoms in total. The molecule has 0 aliphatic heterocycles. The van der Waals surface area contributed by atoms with E-state index < -0.39 is 17.0 Å². The van der Waals surface area contributed by atoms with Crippen LogP contribution in [-0.4, -0.2) is 21.4 Å². The third kappa shape index (κ3) is 6.27. The molecule has 0 aliphatic rings. The van der Waals surface area contributed by atoms with Crippen LogP contribution in [0.5, 0.6) is 5.75 Å². The molecule has 5 N–H and O–H groups in total. The summed E-state index contributed by atoms with van der Waals surface area (Å²) in [4.78, 5) is 21.1. The summed E-state index contributed by atoms with van der Waals surface area (Å²) in [5.74, 6) is 0.439. The Hall–Kier alpha value is -3.47. The number of nitrogens with zero attached hydrogens (tertiary/aromatic N) is 1. The molecule has 1 unspecified atom stereocenters. The first-order valence-electron chi connectivity index (χ1n) is 8.88. The maximum absolute atomic E-state index is 11.7. The van der Waals surface area contributed by atoms with Crippen LogP contribution in [0, 0.1) is 0 Å². The summed E-state index contributed by atoms with van der Waals surface area (Å²) in [7, 11) is 0. The standard InChI is InChI=1S/C20H21N5O4S/c1-30(27)29-25-28-16-9-7-15(8-10-16)24-19-11-18(17(13-23-19)20(21)26)22-12-14-5-3-2-4-6-14/h2-11,13,25H,12H2,1H3,(H2,21,26)(H2,22,23,24). The number of hydrogen-bond acceptors (Lipinski definition) is 8. The van der Waals surface area contributed by atoms with Gasteiger partial charge >= 0.3 is 0 Å². The van der Waals surface area contributed by atoms with E-state index in [9.17, 15) is 9.00 Å². The zero-order valence-corrected chi connectivity index (χ0v) is 16.9. The number of nitrogens with two attached hydrogens (primary N) is 1. The SMILES string of the molecule is CS(=O)ONOc1ccc(Nc2cc(NCc3ccccc3)c(C(N)=O)cn2)cc1. The molecule has 3 aromatic rings. The Morgan fingerprint density at radius 1 is 1.13 bits per heavy atom. The Balaban J connectivity index is 1.68. The van der Waals surface area contributed by atoms with Crippen molar-refractivity contribution in [3.63, 3.8) is 0 Å². The van der Waals surface area contributed by atoms with E-state index >= 15 is 0 Å². The van der Waals surface area contributed by atoms with Crippen molar-refractivity contribution < 1.29 is 18.1 Å². The van der Waals surface area contributed by atoms with E-state index in [1.165, 1.54) is 12.5 Å². The minimum atomic E-state index is -1.49. The number of rotatable bonds is 10. The molecule has 1 aromatic heterocycles. The summed E-state index contributed by atoms with van der Waals surface area (Å²) >= 11 is -1.49. The molecule has 1 amide bonds. The van der Waals surface area contributed by atoms with Gasteiger partial charge in [-0.25, -0.2) is 9.19 Å². The first kappa shape index (κ1) is 21.2. The van der Waals surface area contributed by atoms with Gasteiger partial charge in [0.25, 0.3) is 5.91 Å². The molecular formula is C20H21N5O4S. The Morgan fingerprint density at radius 3 is 2.53 bits per heavy atom. The number of hydrogen-bond donors (Lipinski definition) is 4. The van der Waals surface area contributed by atoms with Gasteiger partial charge in [-0.2, -0.15) is 4.28 Å². The Morgan fingerprint density at radius 2 is 1.87 bits per heavy atom. The summed E-state index contributed by atoms with van der Waals surface area (Å²) in [5.41, 5.74) is 10.3. The summed E-state index contributed by atoms with van der Waals surface area (Å²) < 4.78 is 15.4. The van der Waals surface area contributed by atoms with Gasteiger partial charge in [0.05, 0.1) is 11.3 Å². The third-order valence-corrected chi connectivity index (χ3v) is 4.24. The largest absolute Gasteiger partial charge is 0.382 e. The van der Waals surface area contributed by atoms with Crippen molar-refractivity contribution in [3.8, 4) is 5.75 Å². The van der Waals surface area contributed by atoms with E-state index in [4.69, 9.17) is 10.6 Å². The summed E-state index contributed by atoms with van der Waals surface area (Å²) in [6.07, 6.45) is 2.80. The number of carbonyl (C=O) groups excluding carboxylic acids is 1. The quantitative estimate of drug-likeness (QED) is 0.364. The fourth-order valence-electron chi connectivity index (χ4n) is 2.53. The highest BCUT2D eigenvalue weighted by molar-refractivity contribution is 7.79. The van der Waals surface area contributed by atoms with Crippen molar-refractivity contribution in [1.29, 1.82) is 0 Å². The van der Waals surface area contributed by atoms with Crippen LogP contribution in [0.2, 0.25) is 0 Å². The van der Waals surface area contributed by atoms with Gasteiger partial charge in [-0.1, -0.05) is 30.3 Å². The molecule has 30 heavy (non-hydrogen) atoms. The predicted molar refractivity (Wildman–Crippen MR) is 115 cm³/mol. The van der Waals surface area contributed by atoms with E-state index in [0.29, 0.717) is 29.4 Å². The van der Waals surface area contributed by atoms with Crippen LogP contribution >= 0.6 is 0 Å². The van der Waals surface area contributed by atoms with Gasteiger partial charge in [-0.05, 0) is 35.5 Å². The van der Waals surface area contributed by atoms with Crippen LogP contribution in [0.3, 0.4) is 0 Å². The van der Waals surface area contributed by atoms with Gasteiger partial charge in [-0.3, -0.25) is 4.79 Å². The van der Waals surface area contributed by atoms with E-state index in [1.807, 2.05) is 30.3 Å². The van der Waals surface area contributed by atoms with Gasteiger partial charge in [0.1, 0.15) is 11.6 Å². The van der Waals surface area contributed by atoms with Crippen molar-refractivity contribution in [2.45, 2.75) is 6.54 Å². The first-order valence-corrected chi connectivity index (χ1v) is 10.4. The van der Waals surface area contributed by atoms with Crippen LogP contribution in [-0.2, 0) is 21.9 Å². The molecule has 0 spiro atoms. The van der Waals surface area contributed by atoms with Crippen molar-refractivity contribution in [2.75, 3.05) is 16.9 Å². The van der Waals surface area contributed by atoms with Crippen LogP contribution in [0.25, 0.3) is 0 Å². The minimum Gasteiger partial charge on any atom is -0.382 e. The molecule has 0 fully saturated rings. The highest BCUT2D eigenvalue weighted by Crippen LogP contribution is 2.23. The Kier molecular flexibility index (Phi) is 7.33. The van der Waals surface area contributed by atoms with Gasteiger partial charge < -0.3 is 21.2 Å². The lowest BCUT2D eigenvalue weighted by atomic mass is 10.2. The summed E-state index contributed by atoms with van der Waals surface area (Å²) in [6.45, 7) is 0.536. The van der Waals surface area contributed by atoms with Crippen LogP contribution in [0.1, 0.15) is 15.9 Å². The van der Waals surface area contributed by atoms with Gasteiger partial charge in [0.15, 0.2) is 11.1 Å². The van der Waals surface area contributed by atoms with Crippen molar-refractivity contribution in [2.24, 2.45) is 5.73 Å². The minimum absolute atomic E-state index is 0.305. The fraction of sp³-hybridized carbons (Fsp3) is 0.100. The molecular weight excluding hydrogens is 406 g/mol. The highest BCUT2D eigenvalue weighted by atomic mass is 32.2. The average Bonchev–Trinajstić information content (AvgIpc) is 2.74. The molecule has 0 bridgehead atoms. The smallest absolute Gasteiger partial charge is 0.252 e. The van der Waals surface area contributed by atoms with Crippen molar-refractivity contribution in [1.82, 2.24) is 10.6 Å². The number of nitrogens with one attached hydrogen (secondary N) is 3. The normalized spacial score (nSPS) is 11.5. The van der Waals surface area contributed by atoms with Crippen LogP contribution in [0.15, 0.2) is 66.9 Å². The molecule has 3 rings (SSSR count). The molecule has 1 heterocycles. The van der Waals surface area contributed by atoms with Gasteiger partial charge in [0, 0.05) is 30.8 Å². The lowest BCUT2D eigenvalue weighted by Crippen LogP contribution is -2.19. The Bertz CT molecular complexity index is 1020. The number of pyridine rings is 1. The fourth-order valence-corrected chi connectivity index (χ4v) is 2.66. The lowest BCUT2D eigenvalue weighted by molar-refractivity contribution is -0.00702. The van der Waals surface area contributed by atoms with Crippen molar-refractivity contribution in [3.05, 3.63) is 78.0 Å². The number of primary amides is 1. The molecule has 10 heteroatoms. The maximum atomic E-state index is 11.7. The second kappa shape index (κ2) is 10.3. The molecule has 0 saturated carbocycles. The molecule has 0 radical (unpaired) electrons. The average molecular weight is 427 g/mol. The van der Waals surface area contributed by atoms with Crippen LogP contribution < -0.4 is 26.8 Å². The van der Waals surface area contributed by atoms with E-state index in [1.54, 1.807) is 30.3 Å². The molecule has 0 aliphatic carbocycles. The number of aromatic nitrogens is 1. The molecule has 0 saturated heterocycles. The van der Waals surface area contributed by atoms with E-state index in [0.717, 1.165) is 11.3 Å². The lowest BCUT2D eigenvalue weighted by Gasteiger charge is -2.13. The number of carbonyl (C=O) groups is 1. The maximum Gasteiger partial charge on any atom is 0.252 e. The van der Waals surface area contributed by atoms with Gasteiger partial charge in [0.2, 0.25) is 0 Å². The highest BCUT2D eigenvalue weighted by Gasteiger charge is 2.11. The molecule has 2 aromatic carbocycles. The topological polar surface area (TPSA) is 128 Å². The number of anilines is 3. The number of benzene rings is 2. The second-order valence-electron chi connectivity index (χ2n) is 6.14. The number of amides is 1. The van der Waals surface area contributed by atoms with E-state index in [2.05, 4.69) is 25.5 Å². The first-order chi connectivity index (χ1) is 14.5. The summed E-state index contributed by atoms with van der Waals surface area (Å²) in [6, 6.07) is 18.4. The second-order valence-corrected chi connectivity index (χ2v) is 7.11. The van der Waals surface area contributed by atoms with Crippen LogP contribution in [0.4, 0.5) is 17.2 Å². The molecule has 156 valence electrons. The third-order valence-electron chi connectivity index (χ3n) is 3.93. The van der Waals surface area contributed by atoms with Gasteiger partial charge in [-0.15, -0.1) is 0 Å². The predicted octanol–water partition coefficient (Wildman–Crippen LogP) is 2.64. The summed E-state index contributed by atoms with van der Waals surface area (Å²) in [5, 5.41) is 6.38. The molecule has 1 atom stereocenters. The van der Waals surface area contributed by atoms with Crippen molar-refractivity contribution >= 4 is 34.2 Å². The van der Waals surface area contributed by atoms with E-state index in [-0.39, 0.29) is 0 Å². The monoisotopic (exact) mass is 427 g/mol. The zero-order chi connectivity index (χ0) is 21.3. The zero-order valence-electron chi connectivity index (χ0n) is 16.1.